The van der Waals surface area contributed by atoms with Crippen LogP contribution in [0, 0.1) is 5.82 Å². The number of methoxy groups -OCH3 is 2. The van der Waals surface area contributed by atoms with E-state index >= 15 is 0 Å². The number of aromatic carboxylic acids is 1. The molecule has 104 valence electrons. The fraction of sp³-hybridized carbons (Fsp3) is 0.133. The molecule has 5 heteroatoms. The standard InChI is InChI=1S/C15H13FO4/c1-19-10-4-5-11(13(8-10)15(17)18)12-7-9(16)3-6-14(12)20-2/h3-8H,1-2H3,(H,17,18). The van der Waals surface area contributed by atoms with Crippen LogP contribution in [0.4, 0.5) is 4.39 Å². The summed E-state index contributed by atoms with van der Waals surface area (Å²) < 4.78 is 23.6. The predicted molar refractivity (Wildman–Crippen MR) is 71.9 cm³/mol. The average molecular weight is 276 g/mol. The lowest BCUT2D eigenvalue weighted by Crippen LogP contribution is -2.01. The van der Waals surface area contributed by atoms with Gasteiger partial charge in [0, 0.05) is 11.1 Å². The highest BCUT2D eigenvalue weighted by Gasteiger charge is 2.16. The summed E-state index contributed by atoms with van der Waals surface area (Å²) in [4.78, 5) is 11.4. The third kappa shape index (κ3) is 2.56. The maximum absolute atomic E-state index is 13.4. The summed E-state index contributed by atoms with van der Waals surface area (Å²) in [6.07, 6.45) is 0. The van der Waals surface area contributed by atoms with Gasteiger partial charge in [-0.3, -0.25) is 0 Å². The fourth-order valence-corrected chi connectivity index (χ4v) is 1.95. The summed E-state index contributed by atoms with van der Waals surface area (Å²) in [6.45, 7) is 0. The number of carbonyl (C=O) groups is 1. The Labute approximate surface area is 115 Å². The molecule has 4 nitrogen and oxygen atoms in total. The van der Waals surface area contributed by atoms with Crippen LogP contribution in [0.5, 0.6) is 11.5 Å². The van der Waals surface area contributed by atoms with Crippen LogP contribution < -0.4 is 9.47 Å². The molecule has 2 rings (SSSR count). The number of hydrogen-bond acceptors (Lipinski definition) is 3. The van der Waals surface area contributed by atoms with Crippen LogP contribution in [-0.4, -0.2) is 25.3 Å². The van der Waals surface area contributed by atoms with Gasteiger partial charge in [-0.1, -0.05) is 0 Å². The molecule has 2 aromatic rings. The summed E-state index contributed by atoms with van der Waals surface area (Å²) in [7, 11) is 2.89. The monoisotopic (exact) mass is 276 g/mol. The molecule has 0 aliphatic carbocycles. The first-order chi connectivity index (χ1) is 9.56. The second-order valence-electron chi connectivity index (χ2n) is 4.06. The van der Waals surface area contributed by atoms with E-state index in [4.69, 9.17) is 9.47 Å². The van der Waals surface area contributed by atoms with Gasteiger partial charge in [-0.05, 0) is 36.4 Å². The lowest BCUT2D eigenvalue weighted by atomic mass is 9.98. The van der Waals surface area contributed by atoms with E-state index in [2.05, 4.69) is 0 Å². The Kier molecular flexibility index (Phi) is 3.89. The number of carboxylic acids is 1. The van der Waals surface area contributed by atoms with Crippen molar-refractivity contribution >= 4 is 5.97 Å². The molecule has 0 heterocycles. The number of hydrogen-bond donors (Lipinski definition) is 1. The van der Waals surface area contributed by atoms with Crippen molar-refractivity contribution in [3.63, 3.8) is 0 Å². The Morgan fingerprint density at radius 3 is 2.40 bits per heavy atom. The fourth-order valence-electron chi connectivity index (χ4n) is 1.95. The highest BCUT2D eigenvalue weighted by Crippen LogP contribution is 2.34. The van der Waals surface area contributed by atoms with Crippen molar-refractivity contribution in [2.24, 2.45) is 0 Å². The quantitative estimate of drug-likeness (QED) is 0.931. The van der Waals surface area contributed by atoms with Gasteiger partial charge in [0.05, 0.1) is 19.8 Å². The zero-order chi connectivity index (χ0) is 14.7. The molecule has 0 saturated carbocycles. The molecule has 0 aliphatic rings. The summed E-state index contributed by atoms with van der Waals surface area (Å²) in [5, 5.41) is 9.29. The Morgan fingerprint density at radius 2 is 1.80 bits per heavy atom. The van der Waals surface area contributed by atoms with Crippen LogP contribution in [0.3, 0.4) is 0 Å². The van der Waals surface area contributed by atoms with Gasteiger partial charge in [0.2, 0.25) is 0 Å². The minimum Gasteiger partial charge on any atom is -0.497 e. The van der Waals surface area contributed by atoms with Crippen LogP contribution in [0.15, 0.2) is 36.4 Å². The second kappa shape index (κ2) is 5.61. The zero-order valence-electron chi connectivity index (χ0n) is 11.0. The van der Waals surface area contributed by atoms with Gasteiger partial charge in [-0.25, -0.2) is 9.18 Å². The van der Waals surface area contributed by atoms with Crippen molar-refractivity contribution in [3.05, 3.63) is 47.8 Å². The Morgan fingerprint density at radius 1 is 1.05 bits per heavy atom. The molecule has 0 unspecified atom stereocenters. The van der Waals surface area contributed by atoms with Gasteiger partial charge in [0.15, 0.2) is 0 Å². The molecule has 0 aromatic heterocycles. The van der Waals surface area contributed by atoms with E-state index in [9.17, 15) is 14.3 Å². The van der Waals surface area contributed by atoms with Crippen molar-refractivity contribution in [2.45, 2.75) is 0 Å². The SMILES string of the molecule is COc1ccc(-c2cc(F)ccc2OC)c(C(=O)O)c1. The normalized spacial score (nSPS) is 10.2. The van der Waals surface area contributed by atoms with Crippen molar-refractivity contribution in [3.8, 4) is 22.6 Å². The molecule has 0 fully saturated rings. The van der Waals surface area contributed by atoms with Gasteiger partial charge < -0.3 is 14.6 Å². The molecule has 0 radical (unpaired) electrons. The van der Waals surface area contributed by atoms with E-state index in [1.54, 1.807) is 12.1 Å². The maximum atomic E-state index is 13.4. The minimum atomic E-state index is -1.12. The highest BCUT2D eigenvalue weighted by molar-refractivity contribution is 5.97. The molecule has 0 amide bonds. The van der Waals surface area contributed by atoms with Gasteiger partial charge in [0.1, 0.15) is 17.3 Å². The van der Waals surface area contributed by atoms with Crippen molar-refractivity contribution in [2.75, 3.05) is 14.2 Å². The van der Waals surface area contributed by atoms with Crippen LogP contribution in [-0.2, 0) is 0 Å². The van der Waals surface area contributed by atoms with Crippen molar-refractivity contribution < 1.29 is 23.8 Å². The van der Waals surface area contributed by atoms with E-state index in [-0.39, 0.29) is 5.56 Å². The Bertz CT molecular complexity index is 652. The first-order valence-electron chi connectivity index (χ1n) is 5.82. The summed E-state index contributed by atoms with van der Waals surface area (Å²) in [5.74, 6) is -0.765. The van der Waals surface area contributed by atoms with Gasteiger partial charge in [-0.2, -0.15) is 0 Å². The smallest absolute Gasteiger partial charge is 0.336 e. The van der Waals surface area contributed by atoms with Crippen LogP contribution >= 0.6 is 0 Å². The number of carboxylic acid groups (broad SMARTS) is 1. The summed E-state index contributed by atoms with van der Waals surface area (Å²) >= 11 is 0. The van der Waals surface area contributed by atoms with Crippen LogP contribution in [0.1, 0.15) is 10.4 Å². The van der Waals surface area contributed by atoms with Gasteiger partial charge in [0.25, 0.3) is 0 Å². The molecular weight excluding hydrogens is 263 g/mol. The van der Waals surface area contributed by atoms with E-state index in [0.29, 0.717) is 22.6 Å². The summed E-state index contributed by atoms with van der Waals surface area (Å²) in [6, 6.07) is 8.54. The molecule has 0 bridgehead atoms. The Hall–Kier alpha value is -2.56. The lowest BCUT2D eigenvalue weighted by Gasteiger charge is -2.12. The lowest BCUT2D eigenvalue weighted by molar-refractivity contribution is 0.0697. The van der Waals surface area contributed by atoms with E-state index < -0.39 is 11.8 Å². The first kappa shape index (κ1) is 13.9. The molecule has 0 atom stereocenters. The number of rotatable bonds is 4. The van der Waals surface area contributed by atoms with Crippen molar-refractivity contribution in [1.29, 1.82) is 0 Å². The van der Waals surface area contributed by atoms with E-state index in [1.807, 2.05) is 0 Å². The zero-order valence-corrected chi connectivity index (χ0v) is 11.0. The molecule has 0 spiro atoms. The molecule has 0 aliphatic heterocycles. The highest BCUT2D eigenvalue weighted by atomic mass is 19.1. The topological polar surface area (TPSA) is 55.8 Å². The summed E-state index contributed by atoms with van der Waals surface area (Å²) in [5.41, 5.74) is 0.774. The molecule has 20 heavy (non-hydrogen) atoms. The Balaban J connectivity index is 2.68. The number of benzene rings is 2. The van der Waals surface area contributed by atoms with E-state index in [1.165, 1.54) is 38.5 Å². The third-order valence-corrected chi connectivity index (χ3v) is 2.91. The van der Waals surface area contributed by atoms with Crippen LogP contribution in [0.25, 0.3) is 11.1 Å². The molecule has 2 aromatic carbocycles. The number of halogens is 1. The minimum absolute atomic E-state index is 0.0215. The second-order valence-corrected chi connectivity index (χ2v) is 4.06. The molecular formula is C15H13FO4. The van der Waals surface area contributed by atoms with Crippen molar-refractivity contribution in [1.82, 2.24) is 0 Å². The van der Waals surface area contributed by atoms with Crippen LogP contribution in [0.2, 0.25) is 0 Å². The average Bonchev–Trinajstić information content (AvgIpc) is 2.46. The number of ether oxygens (including phenoxy) is 2. The van der Waals surface area contributed by atoms with Gasteiger partial charge >= 0.3 is 5.97 Å². The van der Waals surface area contributed by atoms with E-state index in [0.717, 1.165) is 0 Å². The molecule has 0 saturated heterocycles. The third-order valence-electron chi connectivity index (χ3n) is 2.91. The largest absolute Gasteiger partial charge is 0.497 e. The first-order valence-corrected chi connectivity index (χ1v) is 5.82. The predicted octanol–water partition coefficient (Wildman–Crippen LogP) is 3.21. The molecule has 1 N–H and O–H groups in total. The van der Waals surface area contributed by atoms with Gasteiger partial charge in [-0.15, -0.1) is 0 Å². The maximum Gasteiger partial charge on any atom is 0.336 e.